The lowest BCUT2D eigenvalue weighted by molar-refractivity contribution is -0.119. The molecule has 0 aliphatic heterocycles. The van der Waals surface area contributed by atoms with Crippen molar-refractivity contribution in [2.75, 3.05) is 11.9 Å². The van der Waals surface area contributed by atoms with E-state index in [1.165, 1.54) is 11.3 Å². The Morgan fingerprint density at radius 2 is 2.04 bits per heavy atom. The fraction of sp³-hybridized carbons (Fsp3) is 0.118. The van der Waals surface area contributed by atoms with E-state index in [9.17, 15) is 9.59 Å². The number of esters is 1. The van der Waals surface area contributed by atoms with Gasteiger partial charge in [0.05, 0.1) is 37.0 Å². The first kappa shape index (κ1) is 17.7. The number of aryl methyl sites for hydroxylation is 1. The number of rotatable bonds is 4. The predicted molar refractivity (Wildman–Crippen MR) is 99.7 cm³/mol. The number of hydrogen-bond donors (Lipinski definition) is 1. The number of benzene rings is 2. The van der Waals surface area contributed by atoms with Crippen LogP contribution in [0.25, 0.3) is 10.2 Å². The Morgan fingerprint density at radius 3 is 2.84 bits per heavy atom. The second-order valence-corrected chi connectivity index (χ2v) is 6.88. The molecule has 1 amide bonds. The molecule has 1 heterocycles. The molecule has 0 radical (unpaired) electrons. The molecule has 0 aliphatic rings. The molecule has 0 bridgehead atoms. The lowest BCUT2D eigenvalue weighted by atomic mass is 10.2. The predicted octanol–water partition coefficient (Wildman–Crippen LogP) is 4.71. The van der Waals surface area contributed by atoms with Crippen LogP contribution >= 0.6 is 34.5 Å². The van der Waals surface area contributed by atoms with Crippen LogP contribution in [0.5, 0.6) is 0 Å². The number of amides is 1. The third-order valence-corrected chi connectivity index (χ3v) is 5.04. The molecule has 0 fully saturated rings. The van der Waals surface area contributed by atoms with Crippen molar-refractivity contribution >= 4 is 62.3 Å². The Hall–Kier alpha value is -2.15. The van der Waals surface area contributed by atoms with E-state index in [-0.39, 0.29) is 0 Å². The van der Waals surface area contributed by atoms with Gasteiger partial charge in [-0.05, 0) is 36.8 Å². The summed E-state index contributed by atoms with van der Waals surface area (Å²) in [5, 5.41) is 3.22. The van der Waals surface area contributed by atoms with Gasteiger partial charge in [0.2, 0.25) is 0 Å². The van der Waals surface area contributed by atoms with Gasteiger partial charge in [-0.1, -0.05) is 29.3 Å². The molecule has 2 aromatic carbocycles. The van der Waals surface area contributed by atoms with Crippen LogP contribution in [0.1, 0.15) is 15.9 Å². The highest BCUT2D eigenvalue weighted by Crippen LogP contribution is 2.32. The first-order valence-electron chi connectivity index (χ1n) is 7.20. The maximum atomic E-state index is 12.1. The minimum Gasteiger partial charge on any atom is -0.452 e. The molecule has 5 nitrogen and oxygen atoms in total. The molecular weight excluding hydrogens is 383 g/mol. The quantitative estimate of drug-likeness (QED) is 0.650. The minimum atomic E-state index is -0.591. The first-order valence-corrected chi connectivity index (χ1v) is 8.84. The molecule has 1 aromatic heterocycles. The van der Waals surface area contributed by atoms with Crippen molar-refractivity contribution < 1.29 is 14.3 Å². The van der Waals surface area contributed by atoms with Crippen LogP contribution in [0.2, 0.25) is 10.0 Å². The highest BCUT2D eigenvalue weighted by molar-refractivity contribution is 7.16. The third-order valence-electron chi connectivity index (χ3n) is 3.45. The van der Waals surface area contributed by atoms with Crippen LogP contribution in [0, 0.1) is 6.92 Å². The summed E-state index contributed by atoms with van der Waals surface area (Å²) in [6.45, 7) is 1.35. The van der Waals surface area contributed by atoms with Gasteiger partial charge in [-0.2, -0.15) is 0 Å². The van der Waals surface area contributed by atoms with Gasteiger partial charge in [-0.15, -0.1) is 11.3 Å². The standard InChI is InChI=1S/C17H12Cl2N2O3S/c1-9-2-4-11(18)16(15(9)19)21-14(22)7-24-17(23)10-3-5-12-13(6-10)25-8-20-12/h2-6,8H,7H2,1H3,(H,21,22). The number of ether oxygens (including phenoxy) is 1. The zero-order chi connectivity index (χ0) is 18.0. The number of hydrogen-bond acceptors (Lipinski definition) is 5. The van der Waals surface area contributed by atoms with Crippen LogP contribution in [-0.4, -0.2) is 23.5 Å². The number of thiazole rings is 1. The fourth-order valence-electron chi connectivity index (χ4n) is 2.14. The summed E-state index contributed by atoms with van der Waals surface area (Å²) in [7, 11) is 0. The topological polar surface area (TPSA) is 68.3 Å². The second kappa shape index (κ2) is 7.39. The zero-order valence-electron chi connectivity index (χ0n) is 13.0. The number of fused-ring (bicyclic) bond motifs is 1. The third kappa shape index (κ3) is 3.92. The Balaban J connectivity index is 1.64. The molecule has 128 valence electrons. The number of carbonyl (C=O) groups is 2. The van der Waals surface area contributed by atoms with Gasteiger partial charge < -0.3 is 10.1 Å². The summed E-state index contributed by atoms with van der Waals surface area (Å²) in [6, 6.07) is 8.40. The Labute approximate surface area is 157 Å². The van der Waals surface area contributed by atoms with Crippen molar-refractivity contribution in [3.05, 3.63) is 57.0 Å². The number of carbonyl (C=O) groups excluding carboxylic acids is 2. The molecule has 0 aliphatic carbocycles. The average molecular weight is 395 g/mol. The summed E-state index contributed by atoms with van der Waals surface area (Å²) in [6.07, 6.45) is 0. The van der Waals surface area contributed by atoms with Crippen molar-refractivity contribution in [3.8, 4) is 0 Å². The lowest BCUT2D eigenvalue weighted by Crippen LogP contribution is -2.21. The van der Waals surface area contributed by atoms with Crippen LogP contribution in [0.3, 0.4) is 0 Å². The van der Waals surface area contributed by atoms with Gasteiger partial charge >= 0.3 is 5.97 Å². The van der Waals surface area contributed by atoms with Gasteiger partial charge in [0.1, 0.15) is 0 Å². The largest absolute Gasteiger partial charge is 0.452 e. The number of halogens is 2. The maximum absolute atomic E-state index is 12.1. The summed E-state index contributed by atoms with van der Waals surface area (Å²) in [5.41, 5.74) is 3.94. The smallest absolute Gasteiger partial charge is 0.338 e. The van der Waals surface area contributed by atoms with E-state index in [1.807, 2.05) is 0 Å². The molecular formula is C17H12Cl2N2O3S. The van der Waals surface area contributed by atoms with Gasteiger partial charge in [0.25, 0.3) is 5.91 Å². The summed E-state index contributed by atoms with van der Waals surface area (Å²) in [4.78, 5) is 28.2. The molecule has 1 N–H and O–H groups in total. The minimum absolute atomic E-state index is 0.301. The Morgan fingerprint density at radius 1 is 1.24 bits per heavy atom. The first-order chi connectivity index (χ1) is 12.0. The van der Waals surface area contributed by atoms with E-state index in [1.54, 1.807) is 42.8 Å². The summed E-state index contributed by atoms with van der Waals surface area (Å²) in [5.74, 6) is -1.12. The van der Waals surface area contributed by atoms with E-state index in [0.29, 0.717) is 21.3 Å². The highest BCUT2D eigenvalue weighted by Gasteiger charge is 2.15. The molecule has 3 aromatic rings. The van der Waals surface area contributed by atoms with E-state index in [0.717, 1.165) is 15.8 Å². The lowest BCUT2D eigenvalue weighted by Gasteiger charge is -2.11. The van der Waals surface area contributed by atoms with Gasteiger partial charge in [-0.25, -0.2) is 9.78 Å². The summed E-state index contributed by atoms with van der Waals surface area (Å²) < 4.78 is 5.92. The number of nitrogens with zero attached hydrogens (tertiary/aromatic N) is 1. The number of aromatic nitrogens is 1. The summed E-state index contributed by atoms with van der Waals surface area (Å²) >= 11 is 13.6. The molecule has 0 unspecified atom stereocenters. The van der Waals surface area contributed by atoms with Crippen LogP contribution in [0.4, 0.5) is 5.69 Å². The van der Waals surface area contributed by atoms with Crippen LogP contribution in [-0.2, 0) is 9.53 Å². The Kier molecular flexibility index (Phi) is 5.22. The number of nitrogens with one attached hydrogen (secondary N) is 1. The van der Waals surface area contributed by atoms with E-state index in [4.69, 9.17) is 27.9 Å². The van der Waals surface area contributed by atoms with Crippen molar-refractivity contribution in [1.29, 1.82) is 0 Å². The normalized spacial score (nSPS) is 10.7. The average Bonchev–Trinajstić information content (AvgIpc) is 3.07. The van der Waals surface area contributed by atoms with E-state index >= 15 is 0 Å². The molecule has 0 saturated heterocycles. The molecule has 25 heavy (non-hydrogen) atoms. The van der Waals surface area contributed by atoms with Crippen LogP contribution in [0.15, 0.2) is 35.8 Å². The highest BCUT2D eigenvalue weighted by atomic mass is 35.5. The second-order valence-electron chi connectivity index (χ2n) is 5.21. The van der Waals surface area contributed by atoms with Crippen molar-refractivity contribution in [1.82, 2.24) is 4.98 Å². The molecule has 3 rings (SSSR count). The van der Waals surface area contributed by atoms with Crippen molar-refractivity contribution in [2.45, 2.75) is 6.92 Å². The van der Waals surface area contributed by atoms with Gasteiger partial charge in [-0.3, -0.25) is 4.79 Å². The van der Waals surface area contributed by atoms with Gasteiger partial charge in [0, 0.05) is 0 Å². The molecule has 0 saturated carbocycles. The van der Waals surface area contributed by atoms with E-state index in [2.05, 4.69) is 10.3 Å². The van der Waals surface area contributed by atoms with Crippen molar-refractivity contribution in [3.63, 3.8) is 0 Å². The maximum Gasteiger partial charge on any atom is 0.338 e. The zero-order valence-corrected chi connectivity index (χ0v) is 15.3. The SMILES string of the molecule is Cc1ccc(Cl)c(NC(=O)COC(=O)c2ccc3ncsc3c2)c1Cl. The fourth-order valence-corrected chi connectivity index (χ4v) is 3.32. The van der Waals surface area contributed by atoms with Crippen LogP contribution < -0.4 is 5.32 Å². The molecule has 0 atom stereocenters. The Bertz CT molecular complexity index is 972. The van der Waals surface area contributed by atoms with Gasteiger partial charge in [0.15, 0.2) is 6.61 Å². The van der Waals surface area contributed by atoms with Crippen molar-refractivity contribution in [2.24, 2.45) is 0 Å². The number of anilines is 1. The molecule has 8 heteroatoms. The monoisotopic (exact) mass is 394 g/mol. The molecule has 0 spiro atoms. The van der Waals surface area contributed by atoms with E-state index < -0.39 is 18.5 Å².